The molecule has 0 atom stereocenters. The fourth-order valence-corrected chi connectivity index (χ4v) is 4.99. The average molecular weight is 462 g/mol. The van der Waals surface area contributed by atoms with Crippen molar-refractivity contribution in [2.45, 2.75) is 24.2 Å². The minimum atomic E-state index is -0.350. The molecule has 166 valence electrons. The molecule has 0 aliphatic carbocycles. The Bertz CT molecular complexity index is 992. The number of anilines is 1. The van der Waals surface area contributed by atoms with Gasteiger partial charge in [-0.05, 0) is 75.6 Å². The Morgan fingerprint density at radius 1 is 1.13 bits per heavy atom. The van der Waals surface area contributed by atoms with Crippen molar-refractivity contribution in [3.8, 4) is 5.75 Å². The summed E-state index contributed by atoms with van der Waals surface area (Å²) < 4.78 is 20.0. The Hall–Kier alpha value is -2.16. The van der Waals surface area contributed by atoms with Gasteiger partial charge in [0.05, 0.1) is 11.8 Å². The van der Waals surface area contributed by atoms with Crippen LogP contribution in [0.15, 0.2) is 47.4 Å². The second-order valence-electron chi connectivity index (χ2n) is 7.41. The van der Waals surface area contributed by atoms with E-state index < -0.39 is 0 Å². The van der Waals surface area contributed by atoms with Gasteiger partial charge in [0.1, 0.15) is 17.1 Å². The lowest BCUT2D eigenvalue weighted by Crippen LogP contribution is -2.33. The highest BCUT2D eigenvalue weighted by molar-refractivity contribution is 7.99. The highest BCUT2D eigenvalue weighted by Crippen LogP contribution is 2.31. The number of rotatable bonds is 11. The van der Waals surface area contributed by atoms with Crippen LogP contribution >= 0.6 is 23.1 Å². The molecule has 0 radical (unpaired) electrons. The number of thioether (sulfide) groups is 1. The SMILES string of the molecule is COc1ccc(SCCCC(=O)N(CCCN(C)C)c2nc3c(F)cccc3s2)cc1. The largest absolute Gasteiger partial charge is 0.497 e. The van der Waals surface area contributed by atoms with E-state index in [-0.39, 0.29) is 11.7 Å². The number of amides is 1. The van der Waals surface area contributed by atoms with Gasteiger partial charge in [-0.15, -0.1) is 11.8 Å². The summed E-state index contributed by atoms with van der Waals surface area (Å²) in [4.78, 5) is 22.4. The van der Waals surface area contributed by atoms with Gasteiger partial charge >= 0.3 is 0 Å². The summed E-state index contributed by atoms with van der Waals surface area (Å²) in [5.41, 5.74) is 0.336. The number of carbonyl (C=O) groups is 1. The average Bonchev–Trinajstić information content (AvgIpc) is 3.19. The summed E-state index contributed by atoms with van der Waals surface area (Å²) in [6.45, 7) is 1.44. The molecule has 2 aromatic carbocycles. The topological polar surface area (TPSA) is 45.7 Å². The van der Waals surface area contributed by atoms with Crippen LogP contribution in [0.4, 0.5) is 9.52 Å². The van der Waals surface area contributed by atoms with Crippen LogP contribution in [-0.4, -0.2) is 55.8 Å². The lowest BCUT2D eigenvalue weighted by atomic mass is 10.3. The molecule has 0 N–H and O–H groups in total. The molecule has 0 unspecified atom stereocenters. The van der Waals surface area contributed by atoms with Crippen LogP contribution in [0, 0.1) is 5.82 Å². The third-order valence-electron chi connectivity index (χ3n) is 4.74. The van der Waals surface area contributed by atoms with E-state index in [0.717, 1.165) is 40.5 Å². The van der Waals surface area contributed by atoms with Crippen molar-refractivity contribution in [2.24, 2.45) is 0 Å². The molecule has 3 rings (SSSR count). The minimum absolute atomic E-state index is 0.0357. The quantitative estimate of drug-likeness (QED) is 0.286. The van der Waals surface area contributed by atoms with E-state index in [2.05, 4.69) is 9.88 Å². The molecular formula is C23H28FN3O2S2. The zero-order valence-corrected chi connectivity index (χ0v) is 19.8. The van der Waals surface area contributed by atoms with Crippen LogP contribution in [0.25, 0.3) is 10.2 Å². The Morgan fingerprint density at radius 3 is 2.58 bits per heavy atom. The number of ether oxygens (including phenoxy) is 1. The molecule has 0 aliphatic heterocycles. The molecule has 5 nitrogen and oxygen atoms in total. The summed E-state index contributed by atoms with van der Waals surface area (Å²) in [6, 6.07) is 12.8. The third-order valence-corrected chi connectivity index (χ3v) is 6.88. The Morgan fingerprint density at radius 2 is 1.90 bits per heavy atom. The standard InChI is InChI=1S/C23H28FN3O2S2/c1-26(2)14-6-15-27(23-25-22-19(24)7-4-8-20(22)31-23)21(28)9-5-16-30-18-12-10-17(29-3)11-13-18/h4,7-8,10-13H,5-6,9,14-16H2,1-3H3. The first-order chi connectivity index (χ1) is 15.0. The van der Waals surface area contributed by atoms with Gasteiger partial charge in [0, 0.05) is 17.9 Å². The zero-order valence-electron chi connectivity index (χ0n) is 18.1. The molecule has 3 aromatic rings. The maximum absolute atomic E-state index is 14.1. The maximum Gasteiger partial charge on any atom is 0.228 e. The number of hydrogen-bond acceptors (Lipinski definition) is 6. The van der Waals surface area contributed by atoms with Crippen LogP contribution in [0.2, 0.25) is 0 Å². The molecule has 1 amide bonds. The summed E-state index contributed by atoms with van der Waals surface area (Å²) in [5, 5.41) is 0.576. The molecule has 1 aromatic heterocycles. The van der Waals surface area contributed by atoms with Crippen molar-refractivity contribution in [1.82, 2.24) is 9.88 Å². The smallest absolute Gasteiger partial charge is 0.228 e. The van der Waals surface area contributed by atoms with Crippen molar-refractivity contribution in [2.75, 3.05) is 44.9 Å². The van der Waals surface area contributed by atoms with Gasteiger partial charge in [-0.1, -0.05) is 17.4 Å². The molecule has 0 saturated carbocycles. The fourth-order valence-electron chi connectivity index (χ4n) is 3.11. The number of aromatic nitrogens is 1. The van der Waals surface area contributed by atoms with Gasteiger partial charge in [0.15, 0.2) is 5.13 Å². The molecule has 0 fully saturated rings. The first-order valence-electron chi connectivity index (χ1n) is 10.2. The van der Waals surface area contributed by atoms with Gasteiger partial charge in [0.25, 0.3) is 0 Å². The van der Waals surface area contributed by atoms with Crippen LogP contribution in [0.5, 0.6) is 5.75 Å². The number of nitrogens with zero attached hydrogens (tertiary/aromatic N) is 3. The van der Waals surface area contributed by atoms with E-state index in [1.54, 1.807) is 29.8 Å². The number of fused-ring (bicyclic) bond motifs is 1. The maximum atomic E-state index is 14.1. The molecule has 0 aliphatic rings. The third kappa shape index (κ3) is 6.66. The van der Waals surface area contributed by atoms with Crippen molar-refractivity contribution in [3.05, 3.63) is 48.3 Å². The van der Waals surface area contributed by atoms with Gasteiger partial charge in [-0.25, -0.2) is 9.37 Å². The van der Waals surface area contributed by atoms with Crippen molar-refractivity contribution < 1.29 is 13.9 Å². The van der Waals surface area contributed by atoms with E-state index in [1.165, 1.54) is 17.4 Å². The van der Waals surface area contributed by atoms with E-state index in [1.807, 2.05) is 44.4 Å². The van der Waals surface area contributed by atoms with Crippen LogP contribution in [-0.2, 0) is 4.79 Å². The summed E-state index contributed by atoms with van der Waals surface area (Å²) in [7, 11) is 5.67. The number of methoxy groups -OCH3 is 1. The summed E-state index contributed by atoms with van der Waals surface area (Å²) in [5.74, 6) is 1.36. The van der Waals surface area contributed by atoms with Crippen molar-refractivity contribution in [3.63, 3.8) is 0 Å². The van der Waals surface area contributed by atoms with Gasteiger partial charge < -0.3 is 9.64 Å². The molecule has 31 heavy (non-hydrogen) atoms. The molecule has 0 bridgehead atoms. The number of carbonyl (C=O) groups excluding carboxylic acids is 1. The van der Waals surface area contributed by atoms with Gasteiger partial charge in [-0.2, -0.15) is 0 Å². The fraction of sp³-hybridized carbons (Fsp3) is 0.391. The van der Waals surface area contributed by atoms with E-state index >= 15 is 0 Å². The number of hydrogen-bond donors (Lipinski definition) is 0. The Balaban J connectivity index is 1.61. The second-order valence-corrected chi connectivity index (χ2v) is 9.59. The highest BCUT2D eigenvalue weighted by Gasteiger charge is 2.20. The summed E-state index contributed by atoms with van der Waals surface area (Å²) >= 11 is 3.09. The first-order valence-corrected chi connectivity index (χ1v) is 12.0. The van der Waals surface area contributed by atoms with Gasteiger partial charge in [-0.3, -0.25) is 9.69 Å². The number of para-hydroxylation sites is 1. The predicted molar refractivity (Wildman–Crippen MR) is 128 cm³/mol. The normalized spacial score (nSPS) is 11.3. The molecule has 0 spiro atoms. The lowest BCUT2D eigenvalue weighted by molar-refractivity contribution is -0.118. The number of benzene rings is 2. The molecule has 1 heterocycles. The number of halogens is 1. The second kappa shape index (κ2) is 11.5. The van der Waals surface area contributed by atoms with E-state index in [9.17, 15) is 9.18 Å². The molecule has 8 heteroatoms. The Labute approximate surface area is 191 Å². The van der Waals surface area contributed by atoms with Crippen LogP contribution in [0.3, 0.4) is 0 Å². The van der Waals surface area contributed by atoms with Gasteiger partial charge in [0.2, 0.25) is 5.91 Å². The number of thiazole rings is 1. The highest BCUT2D eigenvalue weighted by atomic mass is 32.2. The van der Waals surface area contributed by atoms with Crippen molar-refractivity contribution >= 4 is 44.4 Å². The summed E-state index contributed by atoms with van der Waals surface area (Å²) in [6.07, 6.45) is 2.03. The monoisotopic (exact) mass is 461 g/mol. The van der Waals surface area contributed by atoms with Crippen LogP contribution in [0.1, 0.15) is 19.3 Å². The molecule has 0 saturated heterocycles. The Kier molecular flexibility index (Phi) is 8.69. The zero-order chi connectivity index (χ0) is 22.2. The predicted octanol–water partition coefficient (Wildman–Crippen LogP) is 5.30. The minimum Gasteiger partial charge on any atom is -0.497 e. The lowest BCUT2D eigenvalue weighted by Gasteiger charge is -2.21. The van der Waals surface area contributed by atoms with E-state index in [4.69, 9.17) is 4.74 Å². The first kappa shape index (κ1) is 23.5. The van der Waals surface area contributed by atoms with Crippen molar-refractivity contribution in [1.29, 1.82) is 0 Å². The van der Waals surface area contributed by atoms with E-state index in [0.29, 0.717) is 23.6 Å². The van der Waals surface area contributed by atoms with Crippen LogP contribution < -0.4 is 9.64 Å². The molecular weight excluding hydrogens is 433 g/mol.